The van der Waals surface area contributed by atoms with Crippen LogP contribution in [0.25, 0.3) is 10.6 Å². The van der Waals surface area contributed by atoms with Gasteiger partial charge in [-0.15, -0.1) is 11.3 Å². The van der Waals surface area contributed by atoms with Crippen LogP contribution < -0.4 is 5.32 Å². The number of hydrogen-bond acceptors (Lipinski definition) is 5. The van der Waals surface area contributed by atoms with Gasteiger partial charge in [-0.05, 0) is 17.7 Å². The predicted molar refractivity (Wildman–Crippen MR) is 115 cm³/mol. The minimum Gasteiger partial charge on any atom is -0.347 e. The van der Waals surface area contributed by atoms with Gasteiger partial charge in [0.05, 0.1) is 4.90 Å². The van der Waals surface area contributed by atoms with E-state index in [9.17, 15) is 13.2 Å². The van der Waals surface area contributed by atoms with Crippen LogP contribution in [0, 0.1) is 0 Å². The molecule has 0 saturated carbocycles. The Bertz CT molecular complexity index is 1060. The van der Waals surface area contributed by atoms with Gasteiger partial charge in [0.1, 0.15) is 10.7 Å². The molecule has 0 aliphatic carbocycles. The van der Waals surface area contributed by atoms with Gasteiger partial charge in [0, 0.05) is 30.6 Å². The summed E-state index contributed by atoms with van der Waals surface area (Å²) in [5.41, 5.74) is 2.16. The van der Waals surface area contributed by atoms with Gasteiger partial charge in [0.25, 0.3) is 5.91 Å². The number of rotatable bonds is 8. The molecule has 0 atom stereocenters. The van der Waals surface area contributed by atoms with Crippen LogP contribution in [-0.2, 0) is 16.6 Å². The van der Waals surface area contributed by atoms with Crippen LogP contribution in [0.4, 0.5) is 0 Å². The van der Waals surface area contributed by atoms with Gasteiger partial charge in [-0.2, -0.15) is 4.31 Å². The fourth-order valence-electron chi connectivity index (χ4n) is 2.86. The molecular weight excluding hydrogens is 406 g/mol. The lowest BCUT2D eigenvalue weighted by Crippen LogP contribution is -2.30. The molecule has 0 saturated heterocycles. The normalized spacial score (nSPS) is 11.6. The van der Waals surface area contributed by atoms with Crippen LogP contribution >= 0.6 is 11.3 Å². The molecule has 3 aromatic rings. The maximum Gasteiger partial charge on any atom is 0.271 e. The number of carbonyl (C=O) groups excluding carboxylic acids is 1. The molecule has 6 nitrogen and oxygen atoms in total. The van der Waals surface area contributed by atoms with Crippen molar-refractivity contribution in [2.45, 2.75) is 25.3 Å². The Labute approximate surface area is 175 Å². The number of nitrogens with zero attached hydrogens (tertiary/aromatic N) is 2. The second-order valence-electron chi connectivity index (χ2n) is 6.32. The van der Waals surface area contributed by atoms with E-state index in [4.69, 9.17) is 0 Å². The third kappa shape index (κ3) is 4.90. The molecular formula is C21H23N3O3S2. The number of sulfonamides is 1. The summed E-state index contributed by atoms with van der Waals surface area (Å²) in [6.45, 7) is 4.77. The van der Waals surface area contributed by atoms with Crippen LogP contribution in [0.5, 0.6) is 0 Å². The lowest BCUT2D eigenvalue weighted by atomic mass is 10.2. The number of hydrogen-bond donors (Lipinski definition) is 1. The summed E-state index contributed by atoms with van der Waals surface area (Å²) in [6, 6.07) is 16.3. The number of carbonyl (C=O) groups is 1. The molecule has 1 N–H and O–H groups in total. The minimum atomic E-state index is -3.48. The van der Waals surface area contributed by atoms with Gasteiger partial charge in [0.2, 0.25) is 10.0 Å². The standard InChI is InChI=1S/C21H23N3O3S2/c1-3-24(4-2)29(26,27)18-12-10-16(11-13-18)14-22-20(25)19-15-28-21(23-19)17-8-6-5-7-9-17/h5-13,15H,3-4,14H2,1-2H3,(H,22,25). The van der Waals surface area contributed by atoms with E-state index in [2.05, 4.69) is 10.3 Å². The van der Waals surface area contributed by atoms with Crippen LogP contribution in [0.2, 0.25) is 0 Å². The Hall–Kier alpha value is -2.55. The third-order valence-corrected chi connectivity index (χ3v) is 7.43. The second-order valence-corrected chi connectivity index (χ2v) is 9.12. The Balaban J connectivity index is 1.63. The van der Waals surface area contributed by atoms with E-state index in [0.717, 1.165) is 16.1 Å². The predicted octanol–water partition coefficient (Wildman–Crippen LogP) is 3.77. The fourth-order valence-corrected chi connectivity index (χ4v) is 5.12. The Morgan fingerprint density at radius 1 is 1.03 bits per heavy atom. The van der Waals surface area contributed by atoms with E-state index in [0.29, 0.717) is 25.3 Å². The average Bonchev–Trinajstić information content (AvgIpc) is 3.24. The Morgan fingerprint density at radius 2 is 1.69 bits per heavy atom. The van der Waals surface area contributed by atoms with Crippen molar-refractivity contribution in [3.05, 3.63) is 71.2 Å². The summed E-state index contributed by atoms with van der Waals surface area (Å²) < 4.78 is 26.5. The fraction of sp³-hybridized carbons (Fsp3) is 0.238. The van der Waals surface area contributed by atoms with E-state index in [1.54, 1.807) is 29.6 Å². The van der Waals surface area contributed by atoms with E-state index in [-0.39, 0.29) is 10.8 Å². The topological polar surface area (TPSA) is 79.4 Å². The van der Waals surface area contributed by atoms with Crippen molar-refractivity contribution in [3.63, 3.8) is 0 Å². The van der Waals surface area contributed by atoms with Crippen molar-refractivity contribution in [2.24, 2.45) is 0 Å². The molecule has 8 heteroatoms. The minimum absolute atomic E-state index is 0.253. The van der Waals surface area contributed by atoms with Crippen LogP contribution in [0.1, 0.15) is 29.9 Å². The number of thiazole rings is 1. The van der Waals surface area contributed by atoms with Gasteiger partial charge in [-0.25, -0.2) is 13.4 Å². The summed E-state index contributed by atoms with van der Waals surface area (Å²) >= 11 is 1.42. The molecule has 1 heterocycles. The highest BCUT2D eigenvalue weighted by Gasteiger charge is 2.21. The zero-order valence-corrected chi connectivity index (χ0v) is 18.0. The maximum absolute atomic E-state index is 12.5. The summed E-state index contributed by atoms with van der Waals surface area (Å²) in [7, 11) is -3.48. The molecule has 1 aromatic heterocycles. The highest BCUT2D eigenvalue weighted by Crippen LogP contribution is 2.23. The van der Waals surface area contributed by atoms with Crippen LogP contribution in [0.3, 0.4) is 0 Å². The molecule has 0 unspecified atom stereocenters. The highest BCUT2D eigenvalue weighted by atomic mass is 32.2. The van der Waals surface area contributed by atoms with Gasteiger partial charge < -0.3 is 5.32 Å². The molecule has 3 rings (SSSR count). The van der Waals surface area contributed by atoms with Crippen LogP contribution in [-0.4, -0.2) is 36.7 Å². The van der Waals surface area contributed by atoms with Crippen molar-refractivity contribution in [1.82, 2.24) is 14.6 Å². The first-order valence-corrected chi connectivity index (χ1v) is 11.7. The molecule has 0 aliphatic heterocycles. The molecule has 0 fully saturated rings. The largest absolute Gasteiger partial charge is 0.347 e. The molecule has 2 aromatic carbocycles. The quantitative estimate of drug-likeness (QED) is 0.591. The first-order chi connectivity index (χ1) is 14.0. The summed E-state index contributed by atoms with van der Waals surface area (Å²) in [4.78, 5) is 17.0. The smallest absolute Gasteiger partial charge is 0.271 e. The van der Waals surface area contributed by atoms with Crippen molar-refractivity contribution in [3.8, 4) is 10.6 Å². The lowest BCUT2D eigenvalue weighted by Gasteiger charge is -2.18. The van der Waals surface area contributed by atoms with Gasteiger partial charge in [0.15, 0.2) is 0 Å². The van der Waals surface area contributed by atoms with Crippen molar-refractivity contribution >= 4 is 27.3 Å². The van der Waals surface area contributed by atoms with Gasteiger partial charge in [-0.1, -0.05) is 56.3 Å². The van der Waals surface area contributed by atoms with E-state index < -0.39 is 10.0 Å². The zero-order chi connectivity index (χ0) is 20.9. The maximum atomic E-state index is 12.5. The Kier molecular flexibility index (Phi) is 6.79. The molecule has 0 bridgehead atoms. The zero-order valence-electron chi connectivity index (χ0n) is 16.3. The molecule has 1 amide bonds. The summed E-state index contributed by atoms with van der Waals surface area (Å²) in [5.74, 6) is -0.261. The molecule has 0 aliphatic rings. The first-order valence-electron chi connectivity index (χ1n) is 9.34. The van der Waals surface area contributed by atoms with E-state index >= 15 is 0 Å². The van der Waals surface area contributed by atoms with Crippen molar-refractivity contribution in [1.29, 1.82) is 0 Å². The van der Waals surface area contributed by atoms with Crippen LogP contribution in [0.15, 0.2) is 64.9 Å². The van der Waals surface area contributed by atoms with E-state index in [1.165, 1.54) is 15.6 Å². The SMILES string of the molecule is CCN(CC)S(=O)(=O)c1ccc(CNC(=O)c2csc(-c3ccccc3)n2)cc1. The van der Waals surface area contributed by atoms with Crippen molar-refractivity contribution in [2.75, 3.05) is 13.1 Å². The number of amides is 1. The molecule has 152 valence electrons. The summed E-state index contributed by atoms with van der Waals surface area (Å²) in [5, 5.41) is 5.36. The monoisotopic (exact) mass is 429 g/mol. The van der Waals surface area contributed by atoms with E-state index in [1.807, 2.05) is 44.2 Å². The van der Waals surface area contributed by atoms with Gasteiger partial charge in [-0.3, -0.25) is 4.79 Å². The third-order valence-electron chi connectivity index (χ3n) is 4.48. The highest BCUT2D eigenvalue weighted by molar-refractivity contribution is 7.89. The second kappa shape index (κ2) is 9.30. The molecule has 0 radical (unpaired) electrons. The summed E-state index contributed by atoms with van der Waals surface area (Å²) in [6.07, 6.45) is 0. The lowest BCUT2D eigenvalue weighted by molar-refractivity contribution is 0.0946. The van der Waals surface area contributed by atoms with Gasteiger partial charge >= 0.3 is 0 Å². The van der Waals surface area contributed by atoms with Crippen molar-refractivity contribution < 1.29 is 13.2 Å². The molecule has 29 heavy (non-hydrogen) atoms. The number of benzene rings is 2. The average molecular weight is 430 g/mol. The number of nitrogens with one attached hydrogen (secondary N) is 1. The first kappa shape index (κ1) is 21.2. The molecule has 0 spiro atoms. The number of aromatic nitrogens is 1. The Morgan fingerprint density at radius 3 is 2.31 bits per heavy atom.